The summed E-state index contributed by atoms with van der Waals surface area (Å²) < 4.78 is 2.14. The molecule has 2 aromatic rings. The summed E-state index contributed by atoms with van der Waals surface area (Å²) in [6.07, 6.45) is 0. The highest BCUT2D eigenvalue weighted by atomic mass is 16.6. The van der Waals surface area contributed by atoms with E-state index < -0.39 is 0 Å². The van der Waals surface area contributed by atoms with Crippen LogP contribution in [-0.2, 0) is 4.84 Å². The third-order valence-corrected chi connectivity index (χ3v) is 2.85. The molecule has 1 amide bonds. The van der Waals surface area contributed by atoms with Crippen molar-refractivity contribution in [3.05, 3.63) is 53.3 Å². The Morgan fingerprint density at radius 1 is 1.06 bits per heavy atom. The first-order valence-corrected chi connectivity index (χ1v) is 5.72. The molecule has 1 aromatic carbocycles. The van der Waals surface area contributed by atoms with Crippen LogP contribution in [0.5, 0.6) is 0 Å². The summed E-state index contributed by atoms with van der Waals surface area (Å²) in [5.41, 5.74) is 6.25. The minimum atomic E-state index is -0.245. The van der Waals surface area contributed by atoms with Crippen LogP contribution in [0.1, 0.15) is 21.7 Å². The van der Waals surface area contributed by atoms with E-state index in [1.807, 2.05) is 12.1 Å². The monoisotopic (exact) mass is 244 g/mol. The lowest BCUT2D eigenvalue weighted by atomic mass is 10.2. The fourth-order valence-corrected chi connectivity index (χ4v) is 1.99. The van der Waals surface area contributed by atoms with Gasteiger partial charge in [0, 0.05) is 22.6 Å². The maximum Gasteiger partial charge on any atom is 0.274 e. The second-order valence-corrected chi connectivity index (χ2v) is 4.13. The molecule has 0 aliphatic rings. The van der Waals surface area contributed by atoms with E-state index in [1.54, 1.807) is 12.1 Å². The number of nitrogens with zero attached hydrogens (tertiary/aromatic N) is 1. The zero-order chi connectivity index (χ0) is 13.1. The first kappa shape index (κ1) is 12.4. The van der Waals surface area contributed by atoms with Gasteiger partial charge in [0.05, 0.1) is 7.11 Å². The molecule has 0 radical (unpaired) electrons. The van der Waals surface area contributed by atoms with Crippen LogP contribution in [0.4, 0.5) is 0 Å². The number of rotatable bonds is 3. The predicted molar refractivity (Wildman–Crippen MR) is 69.7 cm³/mol. The van der Waals surface area contributed by atoms with Gasteiger partial charge in [-0.1, -0.05) is 0 Å². The van der Waals surface area contributed by atoms with Crippen molar-refractivity contribution in [3.63, 3.8) is 0 Å². The molecule has 4 heteroatoms. The quantitative estimate of drug-likeness (QED) is 0.842. The molecular formula is C14H16N2O2. The number of benzene rings is 1. The lowest BCUT2D eigenvalue weighted by Gasteiger charge is -2.10. The Kier molecular flexibility index (Phi) is 3.48. The molecule has 18 heavy (non-hydrogen) atoms. The van der Waals surface area contributed by atoms with Crippen LogP contribution in [0.15, 0.2) is 36.4 Å². The molecule has 0 bridgehead atoms. The zero-order valence-electron chi connectivity index (χ0n) is 10.7. The second kappa shape index (κ2) is 5.06. The number of amides is 1. The van der Waals surface area contributed by atoms with E-state index in [2.05, 4.69) is 40.9 Å². The van der Waals surface area contributed by atoms with E-state index in [4.69, 9.17) is 0 Å². The SMILES string of the molecule is CONC(=O)c1ccc(-n2c(C)ccc2C)cc1. The normalized spacial score (nSPS) is 10.4. The molecule has 0 atom stereocenters. The van der Waals surface area contributed by atoms with Crippen molar-refractivity contribution >= 4 is 5.91 Å². The van der Waals surface area contributed by atoms with E-state index in [-0.39, 0.29) is 5.91 Å². The standard InChI is InChI=1S/C14H16N2O2/c1-10-4-5-11(2)16(10)13-8-6-12(7-9-13)14(17)15-18-3/h4-9H,1-3H3,(H,15,17). The molecule has 1 heterocycles. The Bertz CT molecular complexity index is 536. The highest BCUT2D eigenvalue weighted by molar-refractivity contribution is 5.93. The Balaban J connectivity index is 2.31. The maximum absolute atomic E-state index is 11.5. The summed E-state index contributed by atoms with van der Waals surface area (Å²) in [7, 11) is 1.42. The van der Waals surface area contributed by atoms with Crippen molar-refractivity contribution in [3.8, 4) is 5.69 Å². The first-order valence-electron chi connectivity index (χ1n) is 5.72. The van der Waals surface area contributed by atoms with Crippen molar-refractivity contribution in [1.29, 1.82) is 0 Å². The fraction of sp³-hybridized carbons (Fsp3) is 0.214. The van der Waals surface area contributed by atoms with Gasteiger partial charge in [-0.3, -0.25) is 9.63 Å². The van der Waals surface area contributed by atoms with Crippen LogP contribution >= 0.6 is 0 Å². The molecule has 94 valence electrons. The Morgan fingerprint density at radius 2 is 1.61 bits per heavy atom. The van der Waals surface area contributed by atoms with E-state index in [9.17, 15) is 4.79 Å². The van der Waals surface area contributed by atoms with Gasteiger partial charge in [-0.2, -0.15) is 0 Å². The molecule has 0 saturated heterocycles. The van der Waals surface area contributed by atoms with Gasteiger partial charge in [-0.15, -0.1) is 0 Å². The topological polar surface area (TPSA) is 43.3 Å². The number of carbonyl (C=O) groups is 1. The highest BCUT2D eigenvalue weighted by Gasteiger charge is 2.07. The van der Waals surface area contributed by atoms with Crippen molar-refractivity contribution in [2.75, 3.05) is 7.11 Å². The summed E-state index contributed by atoms with van der Waals surface area (Å²) in [6.45, 7) is 4.11. The van der Waals surface area contributed by atoms with E-state index in [1.165, 1.54) is 18.5 Å². The van der Waals surface area contributed by atoms with Gasteiger partial charge in [0.2, 0.25) is 0 Å². The molecule has 0 aliphatic heterocycles. The number of nitrogens with one attached hydrogen (secondary N) is 1. The van der Waals surface area contributed by atoms with E-state index in [0.717, 1.165) is 5.69 Å². The number of hydrogen-bond acceptors (Lipinski definition) is 2. The first-order chi connectivity index (χ1) is 8.63. The highest BCUT2D eigenvalue weighted by Crippen LogP contribution is 2.16. The summed E-state index contributed by atoms with van der Waals surface area (Å²) >= 11 is 0. The minimum Gasteiger partial charge on any atom is -0.319 e. The molecule has 4 nitrogen and oxygen atoms in total. The van der Waals surface area contributed by atoms with Gasteiger partial charge in [0.1, 0.15) is 0 Å². The van der Waals surface area contributed by atoms with Crippen LogP contribution in [0.3, 0.4) is 0 Å². The van der Waals surface area contributed by atoms with Gasteiger partial charge in [-0.05, 0) is 50.2 Å². The van der Waals surface area contributed by atoms with Gasteiger partial charge in [0.25, 0.3) is 5.91 Å². The molecule has 0 saturated carbocycles. The molecule has 0 fully saturated rings. The van der Waals surface area contributed by atoms with Crippen LogP contribution in [0.25, 0.3) is 5.69 Å². The third-order valence-electron chi connectivity index (χ3n) is 2.85. The van der Waals surface area contributed by atoms with Crippen LogP contribution < -0.4 is 5.48 Å². The molecule has 0 aliphatic carbocycles. The lowest BCUT2D eigenvalue weighted by molar-refractivity contribution is 0.0537. The average molecular weight is 244 g/mol. The average Bonchev–Trinajstić information content (AvgIpc) is 2.70. The molecule has 0 unspecified atom stereocenters. The fourth-order valence-electron chi connectivity index (χ4n) is 1.99. The van der Waals surface area contributed by atoms with Crippen molar-refractivity contribution < 1.29 is 9.63 Å². The van der Waals surface area contributed by atoms with Crippen molar-refractivity contribution in [2.24, 2.45) is 0 Å². The molecular weight excluding hydrogens is 228 g/mol. The molecule has 1 aromatic heterocycles. The van der Waals surface area contributed by atoms with Crippen molar-refractivity contribution in [2.45, 2.75) is 13.8 Å². The van der Waals surface area contributed by atoms with Crippen LogP contribution in [0, 0.1) is 13.8 Å². The van der Waals surface area contributed by atoms with Crippen molar-refractivity contribution in [1.82, 2.24) is 10.0 Å². The third kappa shape index (κ3) is 2.28. The number of hydrogen-bond donors (Lipinski definition) is 1. The number of aromatic nitrogens is 1. The molecule has 1 N–H and O–H groups in total. The summed E-state index contributed by atoms with van der Waals surface area (Å²) in [5, 5.41) is 0. The Hall–Kier alpha value is -2.07. The summed E-state index contributed by atoms with van der Waals surface area (Å²) in [5.74, 6) is -0.245. The second-order valence-electron chi connectivity index (χ2n) is 4.13. The largest absolute Gasteiger partial charge is 0.319 e. The predicted octanol–water partition coefficient (Wildman–Crippen LogP) is 2.39. The van der Waals surface area contributed by atoms with E-state index in [0.29, 0.717) is 5.56 Å². The molecule has 0 spiro atoms. The number of carbonyl (C=O) groups excluding carboxylic acids is 1. The maximum atomic E-state index is 11.5. The van der Waals surface area contributed by atoms with E-state index >= 15 is 0 Å². The Labute approximate surface area is 106 Å². The zero-order valence-corrected chi connectivity index (χ0v) is 10.7. The van der Waals surface area contributed by atoms with Crippen LogP contribution in [0.2, 0.25) is 0 Å². The summed E-state index contributed by atoms with van der Waals surface area (Å²) in [4.78, 5) is 16.1. The Morgan fingerprint density at radius 3 is 2.11 bits per heavy atom. The van der Waals surface area contributed by atoms with Gasteiger partial charge in [-0.25, -0.2) is 5.48 Å². The van der Waals surface area contributed by atoms with Gasteiger partial charge in [0.15, 0.2) is 0 Å². The van der Waals surface area contributed by atoms with Gasteiger partial charge >= 0.3 is 0 Å². The number of aryl methyl sites for hydroxylation is 2. The molecule has 2 rings (SSSR count). The van der Waals surface area contributed by atoms with Crippen LogP contribution in [-0.4, -0.2) is 17.6 Å². The smallest absolute Gasteiger partial charge is 0.274 e. The van der Waals surface area contributed by atoms with Gasteiger partial charge < -0.3 is 4.57 Å². The number of hydroxylamine groups is 1. The minimum absolute atomic E-state index is 0.245. The summed E-state index contributed by atoms with van der Waals surface area (Å²) in [6, 6.07) is 11.5. The lowest BCUT2D eigenvalue weighted by Crippen LogP contribution is -2.21.